The van der Waals surface area contributed by atoms with Gasteiger partial charge in [0.15, 0.2) is 5.69 Å². The van der Waals surface area contributed by atoms with Gasteiger partial charge in [-0.05, 0) is 61.0 Å². The number of carbonyl (C=O) groups excluding carboxylic acids is 2. The molecule has 38 heavy (non-hydrogen) atoms. The first-order valence-electron chi connectivity index (χ1n) is 11.4. The number of nitrogens with zero attached hydrogens (tertiary/aromatic N) is 2. The average molecular weight is 545 g/mol. The van der Waals surface area contributed by atoms with E-state index in [-0.39, 0.29) is 17.9 Å². The van der Waals surface area contributed by atoms with Crippen molar-refractivity contribution in [1.29, 1.82) is 0 Å². The van der Waals surface area contributed by atoms with Gasteiger partial charge >= 0.3 is 6.18 Å². The van der Waals surface area contributed by atoms with Crippen molar-refractivity contribution in [1.82, 2.24) is 15.1 Å². The van der Waals surface area contributed by atoms with E-state index in [2.05, 4.69) is 15.7 Å². The maximum absolute atomic E-state index is 14.7. The summed E-state index contributed by atoms with van der Waals surface area (Å²) in [6, 6.07) is 19.2. The molecule has 1 aromatic heterocycles. The highest BCUT2D eigenvalue weighted by Gasteiger charge is 2.35. The van der Waals surface area contributed by atoms with Gasteiger partial charge < -0.3 is 10.6 Å². The SMILES string of the molecule is CC(C(=O)NCc1cc(C(F)(F)F)nn1-c1cccc(Cl)c1)c1ccc(NC(=O)c2ccccc2)c(F)c1. The Hall–Kier alpha value is -4.18. The summed E-state index contributed by atoms with van der Waals surface area (Å²) in [5.74, 6) is -2.61. The zero-order chi connectivity index (χ0) is 27.4. The van der Waals surface area contributed by atoms with Crippen LogP contribution in [0.3, 0.4) is 0 Å². The van der Waals surface area contributed by atoms with Crippen molar-refractivity contribution in [3.05, 3.63) is 112 Å². The lowest BCUT2D eigenvalue weighted by atomic mass is 9.99. The smallest absolute Gasteiger partial charge is 0.350 e. The first-order chi connectivity index (χ1) is 18.0. The summed E-state index contributed by atoms with van der Waals surface area (Å²) in [4.78, 5) is 25.1. The maximum Gasteiger partial charge on any atom is 0.435 e. The number of hydrogen-bond acceptors (Lipinski definition) is 3. The molecule has 6 nitrogen and oxygen atoms in total. The molecule has 2 N–H and O–H groups in total. The molecule has 1 unspecified atom stereocenters. The molecule has 0 spiro atoms. The number of aromatic nitrogens is 2. The number of hydrogen-bond donors (Lipinski definition) is 2. The summed E-state index contributed by atoms with van der Waals surface area (Å²) in [6.45, 7) is 1.26. The standard InChI is InChI=1S/C27H21ClF4N4O2/c1-16(18-10-11-23(22(29)12-18)34-26(38)17-6-3-2-4-7-17)25(37)33-15-21-14-24(27(30,31)32)35-36(21)20-9-5-8-19(28)13-20/h2-14,16H,15H2,1H3,(H,33,37)(H,34,38). The van der Waals surface area contributed by atoms with Crippen LogP contribution in [-0.4, -0.2) is 21.6 Å². The van der Waals surface area contributed by atoms with Crippen LogP contribution in [0.1, 0.15) is 40.2 Å². The Bertz CT molecular complexity index is 1470. The minimum atomic E-state index is -4.69. The minimum absolute atomic E-state index is 0.0553. The van der Waals surface area contributed by atoms with Crippen LogP contribution >= 0.6 is 11.6 Å². The first kappa shape index (κ1) is 26.9. The molecule has 1 heterocycles. The van der Waals surface area contributed by atoms with Crippen molar-refractivity contribution < 1.29 is 27.2 Å². The highest BCUT2D eigenvalue weighted by atomic mass is 35.5. The van der Waals surface area contributed by atoms with Crippen LogP contribution in [-0.2, 0) is 17.5 Å². The molecular formula is C27H21ClF4N4O2. The predicted octanol–water partition coefficient (Wildman–Crippen LogP) is 6.36. The van der Waals surface area contributed by atoms with Gasteiger partial charge in [-0.3, -0.25) is 9.59 Å². The van der Waals surface area contributed by atoms with E-state index >= 15 is 0 Å². The molecule has 0 bridgehead atoms. The molecule has 0 aliphatic heterocycles. The van der Waals surface area contributed by atoms with E-state index in [0.29, 0.717) is 21.8 Å². The van der Waals surface area contributed by atoms with Gasteiger partial charge in [0, 0.05) is 10.6 Å². The van der Waals surface area contributed by atoms with Crippen LogP contribution in [0.5, 0.6) is 0 Å². The molecule has 4 aromatic rings. The summed E-state index contributed by atoms with van der Waals surface area (Å²) in [5.41, 5.74) is -0.137. The average Bonchev–Trinajstić information content (AvgIpc) is 3.33. The van der Waals surface area contributed by atoms with E-state index < -0.39 is 35.4 Å². The van der Waals surface area contributed by atoms with Crippen molar-refractivity contribution in [2.24, 2.45) is 0 Å². The zero-order valence-electron chi connectivity index (χ0n) is 19.9. The topological polar surface area (TPSA) is 76.0 Å². The number of alkyl halides is 3. The van der Waals surface area contributed by atoms with E-state index in [1.807, 2.05) is 0 Å². The van der Waals surface area contributed by atoms with Crippen molar-refractivity contribution in [2.45, 2.75) is 25.6 Å². The Labute approximate surface area is 220 Å². The highest BCUT2D eigenvalue weighted by Crippen LogP contribution is 2.30. The van der Waals surface area contributed by atoms with Crippen LogP contribution in [0.2, 0.25) is 5.02 Å². The van der Waals surface area contributed by atoms with Crippen LogP contribution in [0.25, 0.3) is 5.69 Å². The fourth-order valence-corrected chi connectivity index (χ4v) is 3.87. The molecule has 4 rings (SSSR count). The zero-order valence-corrected chi connectivity index (χ0v) is 20.6. The summed E-state index contributed by atoms with van der Waals surface area (Å²) in [7, 11) is 0. The molecule has 0 saturated carbocycles. The van der Waals surface area contributed by atoms with Crippen LogP contribution in [0.4, 0.5) is 23.2 Å². The van der Waals surface area contributed by atoms with Gasteiger partial charge in [0.05, 0.1) is 29.5 Å². The van der Waals surface area contributed by atoms with Crippen molar-refractivity contribution in [3.8, 4) is 5.69 Å². The van der Waals surface area contributed by atoms with Gasteiger partial charge in [-0.15, -0.1) is 0 Å². The van der Waals surface area contributed by atoms with E-state index in [0.717, 1.165) is 16.8 Å². The third-order valence-corrected chi connectivity index (χ3v) is 5.98. The first-order valence-corrected chi connectivity index (χ1v) is 11.8. The summed E-state index contributed by atoms with van der Waals surface area (Å²) >= 11 is 5.98. The Morgan fingerprint density at radius 1 is 1.00 bits per heavy atom. The third kappa shape index (κ3) is 6.20. The molecule has 2 amide bonds. The van der Waals surface area contributed by atoms with Gasteiger partial charge in [0.25, 0.3) is 5.91 Å². The van der Waals surface area contributed by atoms with Crippen LogP contribution in [0, 0.1) is 5.82 Å². The number of benzene rings is 3. The number of anilines is 1. The quantitative estimate of drug-likeness (QED) is 0.266. The Morgan fingerprint density at radius 3 is 2.39 bits per heavy atom. The summed E-state index contributed by atoms with van der Waals surface area (Å²) in [6.07, 6.45) is -4.69. The number of amides is 2. The second kappa shape index (κ2) is 11.1. The maximum atomic E-state index is 14.7. The van der Waals surface area contributed by atoms with Gasteiger partial charge in [-0.25, -0.2) is 9.07 Å². The Balaban J connectivity index is 1.47. The van der Waals surface area contributed by atoms with Crippen molar-refractivity contribution in [3.63, 3.8) is 0 Å². The molecular weight excluding hydrogens is 524 g/mol. The Morgan fingerprint density at radius 2 is 1.74 bits per heavy atom. The number of nitrogens with one attached hydrogen (secondary N) is 2. The predicted molar refractivity (Wildman–Crippen MR) is 135 cm³/mol. The molecule has 3 aromatic carbocycles. The van der Waals surface area contributed by atoms with E-state index in [1.165, 1.54) is 31.2 Å². The largest absolute Gasteiger partial charge is 0.435 e. The lowest BCUT2D eigenvalue weighted by molar-refractivity contribution is -0.141. The molecule has 0 fully saturated rings. The number of rotatable bonds is 7. The second-order valence-corrected chi connectivity index (χ2v) is 8.85. The molecule has 1 atom stereocenters. The summed E-state index contributed by atoms with van der Waals surface area (Å²) < 4.78 is 55.7. The van der Waals surface area contributed by atoms with E-state index in [1.54, 1.807) is 42.5 Å². The van der Waals surface area contributed by atoms with Gasteiger partial charge in [0.1, 0.15) is 5.82 Å². The minimum Gasteiger partial charge on any atom is -0.350 e. The highest BCUT2D eigenvalue weighted by molar-refractivity contribution is 6.30. The molecule has 0 aliphatic rings. The molecule has 196 valence electrons. The van der Waals surface area contributed by atoms with Crippen LogP contribution in [0.15, 0.2) is 78.9 Å². The molecule has 0 saturated heterocycles. The van der Waals surface area contributed by atoms with E-state index in [9.17, 15) is 27.2 Å². The second-order valence-electron chi connectivity index (χ2n) is 8.41. The number of carbonyl (C=O) groups is 2. The van der Waals surface area contributed by atoms with Crippen molar-refractivity contribution >= 4 is 29.1 Å². The van der Waals surface area contributed by atoms with Gasteiger partial charge in [-0.1, -0.05) is 41.9 Å². The van der Waals surface area contributed by atoms with Gasteiger partial charge in [-0.2, -0.15) is 18.3 Å². The fourth-order valence-electron chi connectivity index (χ4n) is 3.68. The third-order valence-electron chi connectivity index (χ3n) is 5.74. The van der Waals surface area contributed by atoms with Gasteiger partial charge in [0.2, 0.25) is 5.91 Å². The lowest BCUT2D eigenvalue weighted by Crippen LogP contribution is -2.28. The fraction of sp³-hybridized carbons (Fsp3) is 0.148. The normalized spacial score (nSPS) is 12.2. The molecule has 11 heteroatoms. The van der Waals surface area contributed by atoms with Crippen LogP contribution < -0.4 is 10.6 Å². The molecule has 0 radical (unpaired) electrons. The summed E-state index contributed by atoms with van der Waals surface area (Å²) in [5, 5.41) is 9.01. The lowest BCUT2D eigenvalue weighted by Gasteiger charge is -2.15. The van der Waals surface area contributed by atoms with E-state index in [4.69, 9.17) is 11.6 Å². The molecule has 0 aliphatic carbocycles. The number of halogens is 5. The monoisotopic (exact) mass is 544 g/mol. The van der Waals surface area contributed by atoms with Crippen molar-refractivity contribution in [2.75, 3.05) is 5.32 Å². The Kier molecular flexibility index (Phi) is 7.82.